The highest BCUT2D eigenvalue weighted by atomic mass is 16.2. The normalized spacial score (nSPS) is 20.4. The minimum absolute atomic E-state index is 0.0541. The van der Waals surface area contributed by atoms with Gasteiger partial charge in [0.2, 0.25) is 11.8 Å². The summed E-state index contributed by atoms with van der Waals surface area (Å²) in [6.45, 7) is 1.35. The third-order valence-corrected chi connectivity index (χ3v) is 4.74. The summed E-state index contributed by atoms with van der Waals surface area (Å²) in [4.78, 5) is 26.1. The number of nitrogens with one attached hydrogen (secondary N) is 1. The molecule has 0 spiro atoms. The van der Waals surface area contributed by atoms with Crippen molar-refractivity contribution in [1.29, 1.82) is 0 Å². The van der Waals surface area contributed by atoms with E-state index in [1.165, 1.54) is 5.56 Å². The molecule has 4 nitrogen and oxygen atoms in total. The summed E-state index contributed by atoms with van der Waals surface area (Å²) in [5.41, 5.74) is 1.04. The van der Waals surface area contributed by atoms with Crippen molar-refractivity contribution in [2.75, 3.05) is 13.1 Å². The maximum absolute atomic E-state index is 12.3. The van der Waals surface area contributed by atoms with E-state index in [1.807, 2.05) is 23.1 Å². The van der Waals surface area contributed by atoms with Crippen molar-refractivity contribution in [3.05, 3.63) is 35.9 Å². The molecule has 0 atom stereocenters. The van der Waals surface area contributed by atoms with Gasteiger partial charge >= 0.3 is 0 Å². The first kappa shape index (κ1) is 15.1. The molecule has 1 aromatic rings. The number of nitrogens with zero attached hydrogens (tertiary/aromatic N) is 1. The number of hydrogen-bond acceptors (Lipinski definition) is 2. The molecule has 1 aliphatic heterocycles. The van der Waals surface area contributed by atoms with Gasteiger partial charge in [-0.15, -0.1) is 0 Å². The summed E-state index contributed by atoms with van der Waals surface area (Å²) < 4.78 is 0. The summed E-state index contributed by atoms with van der Waals surface area (Å²) >= 11 is 0. The van der Waals surface area contributed by atoms with E-state index in [1.54, 1.807) is 0 Å². The Labute approximate surface area is 131 Å². The Morgan fingerprint density at radius 1 is 1.14 bits per heavy atom. The van der Waals surface area contributed by atoms with Gasteiger partial charge in [-0.2, -0.15) is 0 Å². The molecule has 1 saturated carbocycles. The van der Waals surface area contributed by atoms with Gasteiger partial charge < -0.3 is 10.2 Å². The molecule has 2 fully saturated rings. The van der Waals surface area contributed by atoms with Gasteiger partial charge in [-0.25, -0.2) is 0 Å². The van der Waals surface area contributed by atoms with Crippen LogP contribution in [-0.2, 0) is 15.1 Å². The molecule has 0 unspecified atom stereocenters. The van der Waals surface area contributed by atoms with E-state index in [4.69, 9.17) is 0 Å². The molecule has 1 aromatic carbocycles. The summed E-state index contributed by atoms with van der Waals surface area (Å²) in [7, 11) is 0. The first-order valence-electron chi connectivity index (χ1n) is 8.34. The van der Waals surface area contributed by atoms with Crippen LogP contribution in [0.25, 0.3) is 0 Å². The number of carbonyl (C=O) groups excluding carboxylic acids is 2. The van der Waals surface area contributed by atoms with Crippen molar-refractivity contribution < 1.29 is 9.59 Å². The van der Waals surface area contributed by atoms with E-state index in [9.17, 15) is 9.59 Å². The van der Waals surface area contributed by atoms with Crippen molar-refractivity contribution in [3.63, 3.8) is 0 Å². The van der Waals surface area contributed by atoms with Crippen LogP contribution in [0.3, 0.4) is 0 Å². The Kier molecular flexibility index (Phi) is 4.46. The maximum Gasteiger partial charge on any atom is 0.222 e. The Balaban J connectivity index is 1.51. The summed E-state index contributed by atoms with van der Waals surface area (Å²) in [6, 6.07) is 10.2. The van der Waals surface area contributed by atoms with E-state index in [0.29, 0.717) is 19.4 Å². The fourth-order valence-electron chi connectivity index (χ4n) is 3.21. The third-order valence-electron chi connectivity index (χ3n) is 4.74. The van der Waals surface area contributed by atoms with E-state index in [0.717, 1.165) is 38.6 Å². The highest BCUT2D eigenvalue weighted by Crippen LogP contribution is 2.45. The van der Waals surface area contributed by atoms with Gasteiger partial charge in [0.1, 0.15) is 0 Å². The zero-order valence-corrected chi connectivity index (χ0v) is 13.0. The summed E-state index contributed by atoms with van der Waals surface area (Å²) in [5.74, 6) is 0.257. The van der Waals surface area contributed by atoms with E-state index >= 15 is 0 Å². The van der Waals surface area contributed by atoms with Gasteiger partial charge in [0.15, 0.2) is 0 Å². The number of hydrogen-bond donors (Lipinski definition) is 1. The zero-order valence-electron chi connectivity index (χ0n) is 13.0. The molecule has 1 N–H and O–H groups in total. The van der Waals surface area contributed by atoms with Crippen molar-refractivity contribution in [2.24, 2.45) is 0 Å². The van der Waals surface area contributed by atoms with Gasteiger partial charge in [0.05, 0.1) is 5.54 Å². The number of rotatable bonds is 5. The van der Waals surface area contributed by atoms with Crippen LogP contribution in [0.2, 0.25) is 0 Å². The van der Waals surface area contributed by atoms with Gasteiger partial charge in [0, 0.05) is 25.9 Å². The predicted molar refractivity (Wildman–Crippen MR) is 85.2 cm³/mol. The lowest BCUT2D eigenvalue weighted by molar-refractivity contribution is -0.131. The van der Waals surface area contributed by atoms with Crippen molar-refractivity contribution in [1.82, 2.24) is 10.2 Å². The fraction of sp³-hybridized carbons (Fsp3) is 0.556. The predicted octanol–water partition coefficient (Wildman–Crippen LogP) is 2.58. The molecule has 1 heterocycles. The average Bonchev–Trinajstić information content (AvgIpc) is 3.33. The first-order chi connectivity index (χ1) is 10.7. The second kappa shape index (κ2) is 6.51. The lowest BCUT2D eigenvalue weighted by atomic mass is 10.0. The van der Waals surface area contributed by atoms with Crippen molar-refractivity contribution in [3.8, 4) is 0 Å². The molecule has 1 aliphatic carbocycles. The van der Waals surface area contributed by atoms with Crippen molar-refractivity contribution in [2.45, 2.75) is 50.5 Å². The third kappa shape index (κ3) is 3.49. The number of amides is 2. The number of carbonyl (C=O) groups is 2. The molecular weight excluding hydrogens is 276 g/mol. The van der Waals surface area contributed by atoms with E-state index < -0.39 is 0 Å². The molecule has 118 valence electrons. The second-order valence-electron chi connectivity index (χ2n) is 6.44. The van der Waals surface area contributed by atoms with Gasteiger partial charge in [0.25, 0.3) is 0 Å². The van der Waals surface area contributed by atoms with Crippen LogP contribution in [0.1, 0.15) is 50.5 Å². The monoisotopic (exact) mass is 300 g/mol. The molecule has 2 amide bonds. The quantitative estimate of drug-likeness (QED) is 0.908. The SMILES string of the molecule is O=C(CCN1CCCCCC1=O)NC1(c2ccccc2)CC1. The van der Waals surface area contributed by atoms with Crippen LogP contribution in [-0.4, -0.2) is 29.8 Å². The topological polar surface area (TPSA) is 49.4 Å². The Hall–Kier alpha value is -1.84. The van der Waals surface area contributed by atoms with Gasteiger partial charge in [-0.3, -0.25) is 9.59 Å². The highest BCUT2D eigenvalue weighted by Gasteiger charge is 2.45. The van der Waals surface area contributed by atoms with E-state index in [2.05, 4.69) is 17.4 Å². The minimum Gasteiger partial charge on any atom is -0.347 e. The number of likely N-dealkylation sites (tertiary alicyclic amines) is 1. The Bertz CT molecular complexity index is 537. The summed E-state index contributed by atoms with van der Waals surface area (Å²) in [6.07, 6.45) is 6.21. The van der Waals surface area contributed by atoms with Gasteiger partial charge in [-0.05, 0) is 31.2 Å². The molecule has 0 bridgehead atoms. The van der Waals surface area contributed by atoms with E-state index in [-0.39, 0.29) is 17.4 Å². The standard InChI is InChI=1S/C18H24N2O2/c21-16(10-14-20-13-6-2-5-9-17(20)22)19-18(11-12-18)15-7-3-1-4-8-15/h1,3-4,7-8H,2,5-6,9-14H2,(H,19,21). The number of benzene rings is 1. The molecule has 22 heavy (non-hydrogen) atoms. The molecule has 3 rings (SSSR count). The van der Waals surface area contributed by atoms with Crippen LogP contribution in [0.4, 0.5) is 0 Å². The molecule has 0 radical (unpaired) electrons. The molecule has 0 aromatic heterocycles. The lowest BCUT2D eigenvalue weighted by Gasteiger charge is -2.22. The minimum atomic E-state index is -0.152. The molecule has 4 heteroatoms. The second-order valence-corrected chi connectivity index (χ2v) is 6.44. The van der Waals surface area contributed by atoms with Crippen LogP contribution in [0, 0.1) is 0 Å². The zero-order chi connectivity index (χ0) is 15.4. The Morgan fingerprint density at radius 3 is 2.64 bits per heavy atom. The van der Waals surface area contributed by atoms with Crippen molar-refractivity contribution >= 4 is 11.8 Å². The first-order valence-corrected chi connectivity index (χ1v) is 8.34. The van der Waals surface area contributed by atoms with Gasteiger partial charge in [-0.1, -0.05) is 36.8 Å². The largest absolute Gasteiger partial charge is 0.347 e. The van der Waals surface area contributed by atoms with Crippen LogP contribution in [0.5, 0.6) is 0 Å². The average molecular weight is 300 g/mol. The molecular formula is C18H24N2O2. The maximum atomic E-state index is 12.3. The Morgan fingerprint density at radius 2 is 1.91 bits per heavy atom. The van der Waals surface area contributed by atoms with Crippen LogP contribution in [0.15, 0.2) is 30.3 Å². The summed E-state index contributed by atoms with van der Waals surface area (Å²) in [5, 5.41) is 3.18. The highest BCUT2D eigenvalue weighted by molar-refractivity contribution is 5.80. The van der Waals surface area contributed by atoms with Crippen LogP contribution >= 0.6 is 0 Å². The molecule has 2 aliphatic rings. The lowest BCUT2D eigenvalue weighted by Crippen LogP contribution is -2.38. The smallest absolute Gasteiger partial charge is 0.222 e. The fourth-order valence-corrected chi connectivity index (χ4v) is 3.21. The molecule has 1 saturated heterocycles. The van der Waals surface area contributed by atoms with Crippen LogP contribution < -0.4 is 5.32 Å².